The lowest BCUT2D eigenvalue weighted by Crippen LogP contribution is -2.49. The largest absolute Gasteiger partial charge is 0.516 e. The predicted octanol–water partition coefficient (Wildman–Crippen LogP) is 0.841. The minimum absolute atomic E-state index is 0.230. The second-order valence-corrected chi connectivity index (χ2v) is 7.38. The van der Waals surface area contributed by atoms with Gasteiger partial charge < -0.3 is 14.0 Å². The van der Waals surface area contributed by atoms with Crippen LogP contribution in [0, 0.1) is 0 Å². The van der Waals surface area contributed by atoms with Crippen molar-refractivity contribution in [1.29, 1.82) is 0 Å². The number of rotatable bonds is 4. The van der Waals surface area contributed by atoms with Gasteiger partial charge in [0.25, 0.3) is 5.56 Å². The van der Waals surface area contributed by atoms with Crippen molar-refractivity contribution < 1.29 is 18.8 Å². The van der Waals surface area contributed by atoms with Crippen LogP contribution in [-0.2, 0) is 24.4 Å². The van der Waals surface area contributed by atoms with Crippen LogP contribution in [0.3, 0.4) is 0 Å². The van der Waals surface area contributed by atoms with Gasteiger partial charge in [-0.25, -0.2) is 9.48 Å². The average Bonchev–Trinajstić information content (AvgIpc) is 2.68. The maximum atomic E-state index is 12.2. The quantitative estimate of drug-likeness (QED) is 0.599. The number of hydrogen-bond acceptors (Lipinski definition) is 6. The summed E-state index contributed by atoms with van der Waals surface area (Å²) in [5, 5.41) is 4.31. The molecule has 24 heavy (non-hydrogen) atoms. The van der Waals surface area contributed by atoms with Crippen LogP contribution in [-0.4, -0.2) is 40.7 Å². The second kappa shape index (κ2) is 6.00. The van der Waals surface area contributed by atoms with Crippen molar-refractivity contribution in [2.24, 2.45) is 0 Å². The zero-order chi connectivity index (χ0) is 18.3. The molecule has 1 aliphatic rings. The Morgan fingerprint density at radius 2 is 1.79 bits per heavy atom. The van der Waals surface area contributed by atoms with Gasteiger partial charge in [0.05, 0.1) is 23.4 Å². The Balaban J connectivity index is 2.40. The molecule has 0 radical (unpaired) electrons. The normalized spacial score (nSPS) is 19.4. The molecule has 1 fully saturated rings. The summed E-state index contributed by atoms with van der Waals surface area (Å²) in [5.74, 6) is -0.523. The van der Waals surface area contributed by atoms with E-state index in [1.807, 2.05) is 27.7 Å². The molecule has 0 aromatic carbocycles. The molecule has 1 saturated heterocycles. The zero-order valence-corrected chi connectivity index (χ0v) is 15.4. The van der Waals surface area contributed by atoms with Crippen LogP contribution in [0.2, 0.25) is 0 Å². The Morgan fingerprint density at radius 3 is 2.29 bits per heavy atom. The first-order valence-electron chi connectivity index (χ1n) is 8.06. The van der Waals surface area contributed by atoms with E-state index in [0.29, 0.717) is 5.59 Å². The number of esters is 1. The lowest BCUT2D eigenvalue weighted by molar-refractivity contribution is -0.152. The van der Waals surface area contributed by atoms with Crippen LogP contribution in [0.4, 0.5) is 0 Å². The third kappa shape index (κ3) is 3.12. The highest BCUT2D eigenvalue weighted by atomic mass is 16.7. The first-order chi connectivity index (χ1) is 10.9. The summed E-state index contributed by atoms with van der Waals surface area (Å²) in [6, 6.07) is 2.91. The minimum Gasteiger partial charge on any atom is -0.464 e. The highest BCUT2D eigenvalue weighted by Gasteiger charge is 2.52. The molecule has 2 rings (SSSR count). The SMILES string of the molecule is CCOC(=O)C(C)(C)n1nc(B2OC(C)(C)C(C)(C)O2)ccc1=O. The number of ether oxygens (including phenoxy) is 1. The van der Waals surface area contributed by atoms with Gasteiger partial charge >= 0.3 is 13.1 Å². The van der Waals surface area contributed by atoms with Gasteiger partial charge in [-0.1, -0.05) is 0 Å². The maximum absolute atomic E-state index is 12.2. The molecule has 7 nitrogen and oxygen atoms in total. The Bertz CT molecular complexity index is 680. The maximum Gasteiger partial charge on any atom is 0.516 e. The Kier molecular flexibility index (Phi) is 4.67. The van der Waals surface area contributed by atoms with Crippen molar-refractivity contribution in [2.45, 2.75) is 65.2 Å². The van der Waals surface area contributed by atoms with Crippen molar-refractivity contribution in [1.82, 2.24) is 9.78 Å². The van der Waals surface area contributed by atoms with Crippen LogP contribution in [0.25, 0.3) is 0 Å². The number of carbonyl (C=O) groups is 1. The number of aromatic nitrogens is 2. The van der Waals surface area contributed by atoms with Gasteiger partial charge in [0.2, 0.25) is 0 Å². The molecule has 2 heterocycles. The first kappa shape index (κ1) is 18.7. The van der Waals surface area contributed by atoms with Crippen LogP contribution < -0.4 is 11.2 Å². The zero-order valence-electron chi connectivity index (χ0n) is 15.4. The van der Waals surface area contributed by atoms with E-state index in [-0.39, 0.29) is 6.61 Å². The molecule has 0 atom stereocenters. The summed E-state index contributed by atoms with van der Waals surface area (Å²) >= 11 is 0. The highest BCUT2D eigenvalue weighted by Crippen LogP contribution is 2.36. The number of nitrogens with zero attached hydrogens (tertiary/aromatic N) is 2. The van der Waals surface area contributed by atoms with E-state index in [1.54, 1.807) is 26.8 Å². The lowest BCUT2D eigenvalue weighted by atomic mass is 9.84. The molecule has 0 bridgehead atoms. The number of carbonyl (C=O) groups excluding carboxylic acids is 1. The van der Waals surface area contributed by atoms with E-state index in [9.17, 15) is 9.59 Å². The summed E-state index contributed by atoms with van der Waals surface area (Å²) in [6.07, 6.45) is 0. The fourth-order valence-corrected chi connectivity index (χ4v) is 2.31. The third-order valence-electron chi connectivity index (χ3n) is 4.62. The van der Waals surface area contributed by atoms with E-state index in [1.165, 1.54) is 6.07 Å². The topological polar surface area (TPSA) is 79.7 Å². The molecular formula is C16H25BN2O5. The summed E-state index contributed by atoms with van der Waals surface area (Å²) in [6.45, 7) is 12.9. The highest BCUT2D eigenvalue weighted by molar-refractivity contribution is 6.61. The Labute approximate surface area is 142 Å². The number of hydrogen-bond donors (Lipinski definition) is 0. The monoisotopic (exact) mass is 336 g/mol. The molecule has 8 heteroatoms. The molecule has 0 saturated carbocycles. The van der Waals surface area contributed by atoms with Gasteiger partial charge in [-0.05, 0) is 54.5 Å². The Hall–Kier alpha value is -1.67. The van der Waals surface area contributed by atoms with E-state index in [2.05, 4.69) is 5.10 Å². The van der Waals surface area contributed by atoms with Crippen LogP contribution >= 0.6 is 0 Å². The van der Waals surface area contributed by atoms with Crippen molar-refractivity contribution >= 4 is 18.7 Å². The summed E-state index contributed by atoms with van der Waals surface area (Å²) < 4.78 is 18.1. The van der Waals surface area contributed by atoms with Gasteiger partial charge in [-0.2, -0.15) is 5.10 Å². The second-order valence-electron chi connectivity index (χ2n) is 7.38. The first-order valence-corrected chi connectivity index (χ1v) is 8.06. The van der Waals surface area contributed by atoms with Crippen LogP contribution in [0.15, 0.2) is 16.9 Å². The fraction of sp³-hybridized carbons (Fsp3) is 0.688. The molecule has 0 aliphatic carbocycles. The van der Waals surface area contributed by atoms with Crippen LogP contribution in [0.5, 0.6) is 0 Å². The molecule has 1 aliphatic heterocycles. The van der Waals surface area contributed by atoms with Gasteiger partial charge in [-0.3, -0.25) is 4.79 Å². The molecule has 1 aromatic rings. The van der Waals surface area contributed by atoms with Gasteiger partial charge in [0, 0.05) is 6.07 Å². The molecule has 0 unspecified atom stereocenters. The Morgan fingerprint density at radius 1 is 1.25 bits per heavy atom. The predicted molar refractivity (Wildman–Crippen MR) is 90.2 cm³/mol. The van der Waals surface area contributed by atoms with Crippen molar-refractivity contribution in [3.63, 3.8) is 0 Å². The van der Waals surface area contributed by atoms with Crippen LogP contribution in [0.1, 0.15) is 48.5 Å². The molecule has 0 amide bonds. The smallest absolute Gasteiger partial charge is 0.464 e. The van der Waals surface area contributed by atoms with E-state index in [4.69, 9.17) is 14.0 Å². The van der Waals surface area contributed by atoms with E-state index >= 15 is 0 Å². The third-order valence-corrected chi connectivity index (χ3v) is 4.62. The fourth-order valence-electron chi connectivity index (χ4n) is 2.31. The standard InChI is InChI=1S/C16H25BN2O5/c1-8-22-13(21)14(2,3)19-12(20)10-9-11(18-19)17-23-15(4,5)16(6,7)24-17/h9-10H,8H2,1-7H3. The average molecular weight is 336 g/mol. The van der Waals surface area contributed by atoms with Gasteiger partial charge in [-0.15, -0.1) is 0 Å². The van der Waals surface area contributed by atoms with E-state index < -0.39 is 35.4 Å². The van der Waals surface area contributed by atoms with Gasteiger partial charge in [0.15, 0.2) is 5.54 Å². The lowest BCUT2D eigenvalue weighted by Gasteiger charge is -2.32. The van der Waals surface area contributed by atoms with Gasteiger partial charge in [0.1, 0.15) is 0 Å². The van der Waals surface area contributed by atoms with Crippen molar-refractivity contribution in [2.75, 3.05) is 6.61 Å². The molecule has 1 aromatic heterocycles. The molecule has 0 spiro atoms. The molecule has 132 valence electrons. The summed E-state index contributed by atoms with van der Waals surface area (Å²) in [4.78, 5) is 24.4. The van der Waals surface area contributed by atoms with Crippen molar-refractivity contribution in [3.05, 3.63) is 22.5 Å². The summed E-state index contributed by atoms with van der Waals surface area (Å²) in [7, 11) is -0.708. The molecular weight excluding hydrogens is 311 g/mol. The van der Waals surface area contributed by atoms with E-state index in [0.717, 1.165) is 4.68 Å². The minimum atomic E-state index is -1.23. The summed E-state index contributed by atoms with van der Waals surface area (Å²) in [5.41, 5.74) is -2.22. The molecule has 0 N–H and O–H groups in total. The van der Waals surface area contributed by atoms with Crippen molar-refractivity contribution in [3.8, 4) is 0 Å².